The Morgan fingerprint density at radius 1 is 0.500 bits per heavy atom. The molecule has 0 saturated carbocycles. The minimum atomic E-state index is -4.76. The number of aliphatic carboxylic acids is 1. The van der Waals surface area contributed by atoms with E-state index in [-0.39, 0.29) is 12.8 Å². The first kappa shape index (κ1) is 61.4. The number of carbonyl (C=O) groups excluding carboxylic acids is 2. The van der Waals surface area contributed by atoms with Crippen LogP contribution in [0.2, 0.25) is 0 Å². The summed E-state index contributed by atoms with van der Waals surface area (Å²) >= 11 is 0. The third-order valence-corrected chi connectivity index (χ3v) is 12.0. The summed E-state index contributed by atoms with van der Waals surface area (Å²) in [6.45, 7) is 2.56. The van der Waals surface area contributed by atoms with Crippen molar-refractivity contribution >= 4 is 25.7 Å². The monoisotopic (exact) mass is 924 g/mol. The highest BCUT2D eigenvalue weighted by Crippen LogP contribution is 2.43. The first-order valence-corrected chi connectivity index (χ1v) is 27.2. The quantitative estimate of drug-likeness (QED) is 0.0199. The molecule has 0 radical (unpaired) electrons. The van der Waals surface area contributed by atoms with Crippen LogP contribution >= 0.6 is 7.82 Å². The lowest BCUT2D eigenvalue weighted by molar-refractivity contribution is -0.147. The molecule has 64 heavy (non-hydrogen) atoms. The average Bonchev–Trinajstić information content (AvgIpc) is 3.27. The first-order valence-electron chi connectivity index (χ1n) is 25.7. The fraction of sp³-hybridized carbons (Fsp3) is 0.788. The number of carboxylic acids is 1. The van der Waals surface area contributed by atoms with E-state index in [2.05, 4.69) is 67.8 Å². The molecular weight excluding hydrogens is 830 g/mol. The normalized spacial score (nSPS) is 13.9. The van der Waals surface area contributed by atoms with E-state index in [1.54, 1.807) is 0 Å². The second kappa shape index (κ2) is 47.0. The van der Waals surface area contributed by atoms with Crippen LogP contribution in [0.15, 0.2) is 48.6 Å². The molecule has 0 saturated heterocycles. The number of unbranched alkanes of at least 4 members (excludes halogenated alkanes) is 26. The van der Waals surface area contributed by atoms with Gasteiger partial charge in [-0.1, -0.05) is 191 Å². The molecule has 0 heterocycles. The van der Waals surface area contributed by atoms with Gasteiger partial charge in [-0.15, -0.1) is 0 Å². The van der Waals surface area contributed by atoms with Crippen LogP contribution < -0.4 is 5.32 Å². The number of carboxylic acid groups (broad SMARTS) is 1. The second-order valence-electron chi connectivity index (χ2n) is 17.4. The molecule has 0 aromatic rings. The van der Waals surface area contributed by atoms with Gasteiger partial charge in [-0.25, -0.2) is 9.36 Å². The molecule has 0 aliphatic carbocycles. The van der Waals surface area contributed by atoms with E-state index in [0.29, 0.717) is 12.8 Å². The maximum Gasteiger partial charge on any atom is 0.472 e. The summed E-state index contributed by atoms with van der Waals surface area (Å²) in [7, 11) is -4.76. The number of hydrogen-bond acceptors (Lipinski definition) is 8. The number of rotatable bonds is 48. The number of ether oxygens (including phenoxy) is 1. The summed E-state index contributed by atoms with van der Waals surface area (Å²) in [6, 6.07) is -1.55. The molecular formula is C52H94NO10P. The summed E-state index contributed by atoms with van der Waals surface area (Å²) in [5, 5.41) is 21.9. The molecule has 0 aromatic heterocycles. The van der Waals surface area contributed by atoms with E-state index in [1.807, 2.05) is 0 Å². The molecule has 1 amide bonds. The van der Waals surface area contributed by atoms with Crippen LogP contribution in [0.25, 0.3) is 0 Å². The fourth-order valence-electron chi connectivity index (χ4n) is 7.08. The highest BCUT2D eigenvalue weighted by Gasteiger charge is 2.28. The van der Waals surface area contributed by atoms with Crippen LogP contribution in [0, 0.1) is 0 Å². The van der Waals surface area contributed by atoms with Gasteiger partial charge in [0.2, 0.25) is 5.91 Å². The Balaban J connectivity index is 3.83. The van der Waals surface area contributed by atoms with Crippen molar-refractivity contribution in [1.29, 1.82) is 0 Å². The van der Waals surface area contributed by atoms with Crippen molar-refractivity contribution in [3.63, 3.8) is 0 Å². The maximum absolute atomic E-state index is 12.4. The van der Waals surface area contributed by atoms with Crippen molar-refractivity contribution in [2.75, 3.05) is 19.8 Å². The lowest BCUT2D eigenvalue weighted by Gasteiger charge is -2.18. The standard InChI is InChI=1S/C52H94NO10P/c1-3-5-7-9-11-13-15-17-19-21-22-23-24-25-26-28-29-31-33-35-37-39-41-43-50(55)53-49(52(57)58)47-63-64(59,60)62-46-48(54)45-61-51(56)44-42-40-38-36-34-32-30-27-20-18-16-14-12-10-8-6-4-2/h11-14,17-20,48-49,54H,3-10,15-16,21-47H2,1-2H3,(H,53,55)(H,57,58)(H,59,60)/b13-11-,14-12-,19-17-,20-18-. The molecule has 3 unspecified atom stereocenters. The van der Waals surface area contributed by atoms with Crippen molar-refractivity contribution in [3.05, 3.63) is 48.6 Å². The number of carbonyl (C=O) groups is 3. The molecule has 0 bridgehead atoms. The number of phosphoric ester groups is 1. The average molecular weight is 924 g/mol. The van der Waals surface area contributed by atoms with Gasteiger partial charge in [0.15, 0.2) is 6.04 Å². The molecule has 0 aliphatic rings. The lowest BCUT2D eigenvalue weighted by atomic mass is 10.0. The van der Waals surface area contributed by atoms with Crippen molar-refractivity contribution in [2.45, 2.75) is 244 Å². The van der Waals surface area contributed by atoms with Crippen LogP contribution in [0.4, 0.5) is 0 Å². The summed E-state index contributed by atoms with van der Waals surface area (Å²) in [5.74, 6) is -2.38. The van der Waals surface area contributed by atoms with Gasteiger partial charge < -0.3 is 25.2 Å². The third kappa shape index (κ3) is 46.0. The summed E-state index contributed by atoms with van der Waals surface area (Å²) in [4.78, 5) is 46.1. The topological polar surface area (TPSA) is 169 Å². The van der Waals surface area contributed by atoms with Crippen molar-refractivity contribution in [2.24, 2.45) is 0 Å². The SMILES string of the molecule is CCCCC/C=C\C/C=C\CCCCCCCCCCCCCCCC(=O)NC(COP(=O)(O)OCC(O)COC(=O)CCCCCCCCC/C=C\C/C=C\CCCCC)C(=O)O. The van der Waals surface area contributed by atoms with Crippen molar-refractivity contribution in [1.82, 2.24) is 5.32 Å². The number of aliphatic hydroxyl groups is 1. The van der Waals surface area contributed by atoms with E-state index in [9.17, 15) is 34.1 Å². The van der Waals surface area contributed by atoms with Gasteiger partial charge in [0.1, 0.15) is 12.7 Å². The van der Waals surface area contributed by atoms with Crippen LogP contribution in [0.5, 0.6) is 0 Å². The number of nitrogens with one attached hydrogen (secondary N) is 1. The lowest BCUT2D eigenvalue weighted by Crippen LogP contribution is -2.43. The van der Waals surface area contributed by atoms with E-state index < -0.39 is 57.6 Å². The minimum Gasteiger partial charge on any atom is -0.480 e. The number of aliphatic hydroxyl groups excluding tert-OH is 1. The van der Waals surface area contributed by atoms with Gasteiger partial charge in [0, 0.05) is 12.8 Å². The second-order valence-corrected chi connectivity index (χ2v) is 18.8. The van der Waals surface area contributed by atoms with Gasteiger partial charge in [-0.2, -0.15) is 0 Å². The molecule has 0 spiro atoms. The molecule has 0 aromatic carbocycles. The largest absolute Gasteiger partial charge is 0.480 e. The van der Waals surface area contributed by atoms with E-state index in [0.717, 1.165) is 57.8 Å². The van der Waals surface area contributed by atoms with Crippen LogP contribution in [0.1, 0.15) is 232 Å². The zero-order valence-corrected chi connectivity index (χ0v) is 41.5. The molecule has 0 fully saturated rings. The van der Waals surface area contributed by atoms with Crippen LogP contribution in [0.3, 0.4) is 0 Å². The number of hydrogen-bond donors (Lipinski definition) is 4. The predicted octanol–water partition coefficient (Wildman–Crippen LogP) is 14.1. The molecule has 12 heteroatoms. The Labute approximate surface area is 390 Å². The number of allylic oxidation sites excluding steroid dienone is 8. The van der Waals surface area contributed by atoms with E-state index >= 15 is 0 Å². The van der Waals surface area contributed by atoms with Gasteiger partial charge in [-0.3, -0.25) is 18.6 Å². The number of amides is 1. The first-order chi connectivity index (χ1) is 31.1. The molecule has 3 atom stereocenters. The minimum absolute atomic E-state index is 0.144. The van der Waals surface area contributed by atoms with E-state index in [1.165, 1.54) is 135 Å². The maximum atomic E-state index is 12.4. The smallest absolute Gasteiger partial charge is 0.472 e. The number of phosphoric acid groups is 1. The fourth-order valence-corrected chi connectivity index (χ4v) is 7.85. The van der Waals surface area contributed by atoms with Crippen LogP contribution in [-0.4, -0.2) is 64.9 Å². The van der Waals surface area contributed by atoms with Crippen molar-refractivity contribution in [3.8, 4) is 0 Å². The Kier molecular flexibility index (Phi) is 45.1. The van der Waals surface area contributed by atoms with Gasteiger partial charge in [0.25, 0.3) is 0 Å². The summed E-state index contributed by atoms with van der Waals surface area (Å²) < 4.78 is 26.9. The Morgan fingerprint density at radius 2 is 0.859 bits per heavy atom. The van der Waals surface area contributed by atoms with Crippen LogP contribution in [-0.2, 0) is 32.7 Å². The van der Waals surface area contributed by atoms with Crippen molar-refractivity contribution < 1.29 is 47.8 Å². The van der Waals surface area contributed by atoms with Gasteiger partial charge in [-0.05, 0) is 77.0 Å². The zero-order chi connectivity index (χ0) is 47.0. The Morgan fingerprint density at radius 3 is 1.27 bits per heavy atom. The highest BCUT2D eigenvalue weighted by molar-refractivity contribution is 7.47. The summed E-state index contributed by atoms with van der Waals surface area (Å²) in [5.41, 5.74) is 0. The molecule has 0 rings (SSSR count). The zero-order valence-electron chi connectivity index (χ0n) is 40.6. The summed E-state index contributed by atoms with van der Waals surface area (Å²) in [6.07, 6.45) is 54.1. The van der Waals surface area contributed by atoms with Gasteiger partial charge >= 0.3 is 19.8 Å². The number of esters is 1. The predicted molar refractivity (Wildman–Crippen MR) is 263 cm³/mol. The molecule has 11 nitrogen and oxygen atoms in total. The molecule has 4 N–H and O–H groups in total. The Bertz CT molecular complexity index is 1270. The third-order valence-electron chi connectivity index (χ3n) is 11.1. The molecule has 0 aliphatic heterocycles. The molecule has 372 valence electrons. The van der Waals surface area contributed by atoms with Gasteiger partial charge in [0.05, 0.1) is 13.2 Å². The Hall–Kier alpha value is -2.56. The highest BCUT2D eigenvalue weighted by atomic mass is 31.2. The van der Waals surface area contributed by atoms with E-state index in [4.69, 9.17) is 13.8 Å².